The molecule has 3 heterocycles. The normalized spacial score (nSPS) is 10.5. The lowest BCUT2D eigenvalue weighted by atomic mass is 10.2. The predicted molar refractivity (Wildman–Crippen MR) is 79.3 cm³/mol. The van der Waals surface area contributed by atoms with Gasteiger partial charge in [-0.25, -0.2) is 9.67 Å². The van der Waals surface area contributed by atoms with Crippen LogP contribution >= 0.6 is 0 Å². The van der Waals surface area contributed by atoms with E-state index in [0.29, 0.717) is 12.2 Å². The fourth-order valence-electron chi connectivity index (χ4n) is 1.95. The van der Waals surface area contributed by atoms with Crippen LogP contribution in [0, 0.1) is 6.92 Å². The molecular weight excluding hydrogens is 266 g/mol. The quantitative estimate of drug-likeness (QED) is 0.767. The van der Waals surface area contributed by atoms with Gasteiger partial charge in [0.25, 0.3) is 0 Å². The average Bonchev–Trinajstić information content (AvgIpc) is 3.03. The summed E-state index contributed by atoms with van der Waals surface area (Å²) in [4.78, 5) is 8.63. The third-order valence-electron chi connectivity index (χ3n) is 3.04. The Morgan fingerprint density at radius 2 is 2.14 bits per heavy atom. The van der Waals surface area contributed by atoms with Gasteiger partial charge in [0.05, 0.1) is 18.4 Å². The van der Waals surface area contributed by atoms with Gasteiger partial charge in [0.2, 0.25) is 0 Å². The first-order valence-corrected chi connectivity index (χ1v) is 6.58. The highest BCUT2D eigenvalue weighted by Gasteiger charge is 2.04. The first kappa shape index (κ1) is 13.1. The SMILES string of the molecule is Cc1ccc(O)c(CNc2ccc(-n3cccn3)nc2)n1. The van der Waals surface area contributed by atoms with Crippen LogP contribution in [0.25, 0.3) is 5.82 Å². The maximum atomic E-state index is 9.75. The third kappa shape index (κ3) is 3.00. The highest BCUT2D eigenvalue weighted by molar-refractivity contribution is 5.44. The zero-order chi connectivity index (χ0) is 14.7. The summed E-state index contributed by atoms with van der Waals surface area (Å²) in [7, 11) is 0. The van der Waals surface area contributed by atoms with Crippen molar-refractivity contribution in [2.75, 3.05) is 5.32 Å². The molecule has 0 aliphatic carbocycles. The van der Waals surface area contributed by atoms with Crippen LogP contribution in [0.2, 0.25) is 0 Å². The molecule has 0 aliphatic heterocycles. The second-order valence-electron chi connectivity index (χ2n) is 4.63. The summed E-state index contributed by atoms with van der Waals surface area (Å²) >= 11 is 0. The summed E-state index contributed by atoms with van der Waals surface area (Å²) in [6.07, 6.45) is 5.27. The van der Waals surface area contributed by atoms with Crippen LogP contribution in [0.4, 0.5) is 5.69 Å². The van der Waals surface area contributed by atoms with Crippen molar-refractivity contribution in [2.24, 2.45) is 0 Å². The van der Waals surface area contributed by atoms with E-state index in [0.717, 1.165) is 17.2 Å². The highest BCUT2D eigenvalue weighted by atomic mass is 16.3. The zero-order valence-corrected chi connectivity index (χ0v) is 11.6. The molecule has 0 saturated heterocycles. The average molecular weight is 281 g/mol. The molecule has 3 aromatic heterocycles. The van der Waals surface area contributed by atoms with Crippen LogP contribution in [0.1, 0.15) is 11.4 Å². The molecule has 2 N–H and O–H groups in total. The van der Waals surface area contributed by atoms with Crippen LogP contribution in [0.15, 0.2) is 48.9 Å². The number of rotatable bonds is 4. The van der Waals surface area contributed by atoms with E-state index in [1.165, 1.54) is 0 Å². The Labute approximate surface area is 122 Å². The molecule has 0 aromatic carbocycles. The summed E-state index contributed by atoms with van der Waals surface area (Å²) in [5, 5.41) is 17.1. The number of pyridine rings is 2. The van der Waals surface area contributed by atoms with Crippen LogP contribution in [-0.4, -0.2) is 24.9 Å². The molecule has 3 aromatic rings. The first-order chi connectivity index (χ1) is 10.2. The van der Waals surface area contributed by atoms with Crippen LogP contribution < -0.4 is 5.32 Å². The summed E-state index contributed by atoms with van der Waals surface area (Å²) in [5.74, 6) is 0.941. The zero-order valence-electron chi connectivity index (χ0n) is 11.6. The molecule has 21 heavy (non-hydrogen) atoms. The van der Waals surface area contributed by atoms with Gasteiger partial charge in [0.15, 0.2) is 5.82 Å². The van der Waals surface area contributed by atoms with Gasteiger partial charge in [0, 0.05) is 18.1 Å². The predicted octanol–water partition coefficient (Wildman–Crippen LogP) is 2.29. The highest BCUT2D eigenvalue weighted by Crippen LogP contribution is 2.17. The minimum Gasteiger partial charge on any atom is -0.506 e. The fraction of sp³-hybridized carbons (Fsp3) is 0.133. The Bertz CT molecular complexity index is 722. The van der Waals surface area contributed by atoms with Crippen molar-refractivity contribution < 1.29 is 5.11 Å². The first-order valence-electron chi connectivity index (χ1n) is 6.58. The van der Waals surface area contributed by atoms with Crippen LogP contribution in [0.3, 0.4) is 0 Å². The molecule has 6 heteroatoms. The molecule has 106 valence electrons. The summed E-state index contributed by atoms with van der Waals surface area (Å²) in [5.41, 5.74) is 2.34. The molecule has 0 fully saturated rings. The monoisotopic (exact) mass is 281 g/mol. The summed E-state index contributed by atoms with van der Waals surface area (Å²) in [6, 6.07) is 9.06. The number of hydrogen-bond acceptors (Lipinski definition) is 5. The van der Waals surface area contributed by atoms with Gasteiger partial charge in [-0.15, -0.1) is 0 Å². The minimum absolute atomic E-state index is 0.189. The Balaban J connectivity index is 1.70. The molecule has 3 rings (SSSR count). The van der Waals surface area contributed by atoms with Crippen LogP contribution in [0.5, 0.6) is 5.75 Å². The maximum absolute atomic E-state index is 9.75. The van der Waals surface area contributed by atoms with E-state index in [4.69, 9.17) is 0 Å². The van der Waals surface area contributed by atoms with Crippen molar-refractivity contribution in [3.63, 3.8) is 0 Å². The van der Waals surface area contributed by atoms with Gasteiger partial charge in [-0.05, 0) is 37.3 Å². The second kappa shape index (κ2) is 5.62. The fourth-order valence-corrected chi connectivity index (χ4v) is 1.95. The number of hydrogen-bond donors (Lipinski definition) is 2. The molecule has 0 spiro atoms. The Hall–Kier alpha value is -2.89. The van der Waals surface area contributed by atoms with Gasteiger partial charge < -0.3 is 10.4 Å². The second-order valence-corrected chi connectivity index (χ2v) is 4.63. The molecule has 0 atom stereocenters. The van der Waals surface area contributed by atoms with E-state index in [2.05, 4.69) is 20.4 Å². The van der Waals surface area contributed by atoms with Gasteiger partial charge >= 0.3 is 0 Å². The Morgan fingerprint density at radius 3 is 2.86 bits per heavy atom. The standard InChI is InChI=1S/C15H15N5O/c1-11-3-5-14(21)13(19-11)10-16-12-4-6-15(17-9-12)20-8-2-7-18-20/h2-9,16,21H,10H2,1H3. The maximum Gasteiger partial charge on any atom is 0.153 e. The molecular formula is C15H15N5O. The van der Waals surface area contributed by atoms with E-state index < -0.39 is 0 Å². The molecule has 6 nitrogen and oxygen atoms in total. The molecule has 0 unspecified atom stereocenters. The van der Waals surface area contributed by atoms with Gasteiger partial charge in [-0.1, -0.05) is 0 Å². The molecule has 0 amide bonds. The lowest BCUT2D eigenvalue weighted by Gasteiger charge is -2.08. The largest absolute Gasteiger partial charge is 0.506 e. The van der Waals surface area contributed by atoms with Crippen molar-refractivity contribution >= 4 is 5.69 Å². The van der Waals surface area contributed by atoms with E-state index in [1.807, 2.05) is 31.3 Å². The minimum atomic E-state index is 0.189. The molecule has 0 radical (unpaired) electrons. The number of nitrogens with one attached hydrogen (secondary N) is 1. The molecule has 0 aliphatic rings. The van der Waals surface area contributed by atoms with Gasteiger partial charge in [-0.3, -0.25) is 4.98 Å². The van der Waals surface area contributed by atoms with E-state index in [9.17, 15) is 5.11 Å². The van der Waals surface area contributed by atoms with E-state index >= 15 is 0 Å². The van der Waals surface area contributed by atoms with Gasteiger partial charge in [-0.2, -0.15) is 5.10 Å². The Kier molecular flexibility index (Phi) is 3.51. The number of aromatic nitrogens is 4. The topological polar surface area (TPSA) is 75.9 Å². The van der Waals surface area contributed by atoms with E-state index in [-0.39, 0.29) is 5.75 Å². The van der Waals surface area contributed by atoms with E-state index in [1.54, 1.807) is 29.2 Å². The van der Waals surface area contributed by atoms with Gasteiger partial charge in [0.1, 0.15) is 11.4 Å². The summed E-state index contributed by atoms with van der Waals surface area (Å²) < 4.78 is 1.69. The number of nitrogens with zero attached hydrogens (tertiary/aromatic N) is 4. The molecule has 0 saturated carbocycles. The smallest absolute Gasteiger partial charge is 0.153 e. The molecule has 0 bridgehead atoms. The lowest BCUT2D eigenvalue weighted by molar-refractivity contribution is 0.464. The van der Waals surface area contributed by atoms with Crippen molar-refractivity contribution in [1.82, 2.24) is 19.7 Å². The lowest BCUT2D eigenvalue weighted by Crippen LogP contribution is -2.04. The van der Waals surface area contributed by atoms with Crippen molar-refractivity contribution in [1.29, 1.82) is 0 Å². The number of aryl methyl sites for hydroxylation is 1. The van der Waals surface area contributed by atoms with Crippen LogP contribution in [-0.2, 0) is 6.54 Å². The number of aromatic hydroxyl groups is 1. The Morgan fingerprint density at radius 1 is 1.24 bits per heavy atom. The third-order valence-corrected chi connectivity index (χ3v) is 3.04. The number of anilines is 1. The van der Waals surface area contributed by atoms with Crippen molar-refractivity contribution in [3.8, 4) is 11.6 Å². The summed E-state index contributed by atoms with van der Waals surface area (Å²) in [6.45, 7) is 2.33. The van der Waals surface area contributed by atoms with Crippen molar-refractivity contribution in [3.05, 3.63) is 60.3 Å². The van der Waals surface area contributed by atoms with Crippen molar-refractivity contribution in [2.45, 2.75) is 13.5 Å².